The number of carbonyl (C=O) groups is 1. The second kappa shape index (κ2) is 5.23. The molecule has 0 aromatic rings. The lowest BCUT2D eigenvalue weighted by Crippen LogP contribution is -2.14. The molecule has 0 aromatic carbocycles. The molecule has 0 amide bonds. The molecule has 0 saturated heterocycles. The summed E-state index contributed by atoms with van der Waals surface area (Å²) in [6, 6.07) is 0. The monoisotopic (exact) mass is 196 g/mol. The number of hydrogen-bond acceptors (Lipinski definition) is 5. The molecule has 0 aliphatic carbocycles. The van der Waals surface area contributed by atoms with Gasteiger partial charge >= 0.3 is 10.4 Å². The molecule has 0 radical (unpaired) electrons. The van der Waals surface area contributed by atoms with Gasteiger partial charge in [0.15, 0.2) is 5.78 Å². The van der Waals surface area contributed by atoms with E-state index in [4.69, 9.17) is 0 Å². The Balaban J connectivity index is 3.80. The summed E-state index contributed by atoms with van der Waals surface area (Å²) in [5.41, 5.74) is 0. The maximum atomic E-state index is 10.7. The molecule has 12 heavy (non-hydrogen) atoms. The lowest BCUT2D eigenvalue weighted by atomic mass is 10.5. The maximum Gasteiger partial charge on any atom is 0.400 e. The van der Waals surface area contributed by atoms with E-state index in [2.05, 4.69) is 8.37 Å². The van der Waals surface area contributed by atoms with Gasteiger partial charge in [-0.15, -0.1) is 0 Å². The van der Waals surface area contributed by atoms with Crippen LogP contribution in [-0.4, -0.2) is 27.4 Å². The molecule has 0 aromatic heterocycles. The van der Waals surface area contributed by atoms with Gasteiger partial charge in [0.25, 0.3) is 0 Å². The normalized spacial score (nSPS) is 11.5. The van der Waals surface area contributed by atoms with E-state index in [1.54, 1.807) is 6.92 Å². The summed E-state index contributed by atoms with van der Waals surface area (Å²) < 4.78 is 29.9. The summed E-state index contributed by atoms with van der Waals surface area (Å²) in [6.45, 7) is 2.60. The summed E-state index contributed by atoms with van der Waals surface area (Å²) >= 11 is 0. The number of rotatable bonds is 6. The number of hydrogen-bond donors (Lipinski definition) is 0. The molecule has 0 heterocycles. The van der Waals surface area contributed by atoms with Crippen molar-refractivity contribution in [3.8, 4) is 0 Å². The molecule has 0 aliphatic heterocycles. The number of Topliss-reactive ketones (excluding diaryl/α,β-unsaturated/α-hetero) is 1. The quantitative estimate of drug-likeness (QED) is 0.609. The zero-order valence-corrected chi connectivity index (χ0v) is 7.89. The van der Waals surface area contributed by atoms with Crippen LogP contribution in [0.5, 0.6) is 0 Å². The van der Waals surface area contributed by atoms with E-state index in [0.717, 1.165) is 0 Å². The molecule has 0 rings (SSSR count). The van der Waals surface area contributed by atoms with Crippen LogP contribution in [0, 0.1) is 0 Å². The number of carbonyl (C=O) groups excluding carboxylic acids is 1. The van der Waals surface area contributed by atoms with Crippen molar-refractivity contribution in [2.24, 2.45) is 0 Å². The lowest BCUT2D eigenvalue weighted by Gasteiger charge is -2.02. The Morgan fingerprint density at radius 1 is 1.33 bits per heavy atom. The fraction of sp³-hybridized carbons (Fsp3) is 0.833. The summed E-state index contributed by atoms with van der Waals surface area (Å²) in [5, 5.41) is 0. The van der Waals surface area contributed by atoms with Crippen molar-refractivity contribution in [1.29, 1.82) is 0 Å². The van der Waals surface area contributed by atoms with E-state index in [1.807, 2.05) is 0 Å². The predicted molar refractivity (Wildman–Crippen MR) is 41.8 cm³/mol. The van der Waals surface area contributed by atoms with E-state index >= 15 is 0 Å². The molecule has 0 atom stereocenters. The minimum absolute atomic E-state index is 0.0697. The van der Waals surface area contributed by atoms with Crippen LogP contribution in [0.15, 0.2) is 0 Å². The first kappa shape index (κ1) is 11.5. The first-order valence-corrected chi connectivity index (χ1v) is 4.84. The van der Waals surface area contributed by atoms with E-state index in [0.29, 0.717) is 6.42 Å². The molecule has 5 nitrogen and oxygen atoms in total. The zero-order valence-electron chi connectivity index (χ0n) is 7.07. The van der Waals surface area contributed by atoms with Crippen LogP contribution in [-0.2, 0) is 23.6 Å². The van der Waals surface area contributed by atoms with Gasteiger partial charge in [0.05, 0.1) is 6.61 Å². The fourth-order valence-electron chi connectivity index (χ4n) is 0.375. The highest BCUT2D eigenvalue weighted by molar-refractivity contribution is 7.81. The zero-order chi connectivity index (χ0) is 9.61. The van der Waals surface area contributed by atoms with Crippen LogP contribution in [0.2, 0.25) is 0 Å². The van der Waals surface area contributed by atoms with Crippen LogP contribution in [0.25, 0.3) is 0 Å². The van der Waals surface area contributed by atoms with Gasteiger partial charge in [-0.2, -0.15) is 8.42 Å². The molecular formula is C6H12O5S. The molecule has 0 spiro atoms. The topological polar surface area (TPSA) is 69.7 Å². The second-order valence-corrected chi connectivity index (χ2v) is 3.48. The molecule has 0 aliphatic rings. The molecule has 0 bridgehead atoms. The smallest absolute Gasteiger partial charge is 0.297 e. The summed E-state index contributed by atoms with van der Waals surface area (Å²) in [4.78, 5) is 10.3. The van der Waals surface area contributed by atoms with E-state index in [-0.39, 0.29) is 12.4 Å². The Kier molecular flexibility index (Phi) is 5.03. The first-order chi connectivity index (χ1) is 5.48. The molecule has 72 valence electrons. The standard InChI is InChI=1S/C6H12O5S/c1-3-4-10-12(8,9)11-5-6(2)7/h3-5H2,1-2H3. The highest BCUT2D eigenvalue weighted by Crippen LogP contribution is 1.96. The fourth-order valence-corrected chi connectivity index (χ4v) is 1.12. The van der Waals surface area contributed by atoms with E-state index in [9.17, 15) is 13.2 Å². The van der Waals surface area contributed by atoms with Crippen LogP contribution in [0.1, 0.15) is 20.3 Å². The van der Waals surface area contributed by atoms with Crippen LogP contribution < -0.4 is 0 Å². The third-order valence-electron chi connectivity index (χ3n) is 0.838. The minimum Gasteiger partial charge on any atom is -0.297 e. The van der Waals surface area contributed by atoms with Crippen LogP contribution in [0.3, 0.4) is 0 Å². The third-order valence-corrected chi connectivity index (χ3v) is 1.70. The molecule has 6 heteroatoms. The van der Waals surface area contributed by atoms with Gasteiger partial charge in [0.2, 0.25) is 0 Å². The predicted octanol–water partition coefficient (Wildman–Crippen LogP) is 0.263. The van der Waals surface area contributed by atoms with Crippen LogP contribution in [0.4, 0.5) is 0 Å². The van der Waals surface area contributed by atoms with Gasteiger partial charge in [-0.1, -0.05) is 6.92 Å². The highest BCUT2D eigenvalue weighted by atomic mass is 32.3. The largest absolute Gasteiger partial charge is 0.400 e. The summed E-state index contributed by atoms with van der Waals surface area (Å²) in [6.07, 6.45) is 0.572. The average Bonchev–Trinajstić information content (AvgIpc) is 1.98. The van der Waals surface area contributed by atoms with Gasteiger partial charge in [-0.3, -0.25) is 4.79 Å². The van der Waals surface area contributed by atoms with Gasteiger partial charge in [-0.05, 0) is 13.3 Å². The first-order valence-electron chi connectivity index (χ1n) is 3.51. The molecule has 0 unspecified atom stereocenters. The van der Waals surface area contributed by atoms with Crippen molar-refractivity contribution in [2.75, 3.05) is 13.2 Å². The van der Waals surface area contributed by atoms with Crippen LogP contribution >= 0.6 is 0 Å². The maximum absolute atomic E-state index is 10.7. The Bertz CT molecular complexity index is 230. The molecule has 0 N–H and O–H groups in total. The SMILES string of the molecule is CCCOS(=O)(=O)OCC(C)=O. The van der Waals surface area contributed by atoms with Crippen molar-refractivity contribution >= 4 is 16.2 Å². The third kappa shape index (κ3) is 6.26. The Morgan fingerprint density at radius 2 is 1.92 bits per heavy atom. The van der Waals surface area contributed by atoms with Gasteiger partial charge in [-0.25, -0.2) is 8.37 Å². The molecule has 0 fully saturated rings. The summed E-state index contributed by atoms with van der Waals surface area (Å²) in [7, 11) is -3.96. The van der Waals surface area contributed by atoms with E-state index in [1.165, 1.54) is 6.92 Å². The molecular weight excluding hydrogens is 184 g/mol. The van der Waals surface area contributed by atoms with Crippen molar-refractivity contribution < 1.29 is 21.6 Å². The minimum atomic E-state index is -3.96. The van der Waals surface area contributed by atoms with Gasteiger partial charge < -0.3 is 0 Å². The van der Waals surface area contributed by atoms with Gasteiger partial charge in [0.1, 0.15) is 6.61 Å². The van der Waals surface area contributed by atoms with Crippen molar-refractivity contribution in [1.82, 2.24) is 0 Å². The highest BCUT2D eigenvalue weighted by Gasteiger charge is 2.11. The number of ketones is 1. The molecule has 0 saturated carbocycles. The van der Waals surface area contributed by atoms with Crippen molar-refractivity contribution in [3.63, 3.8) is 0 Å². The lowest BCUT2D eigenvalue weighted by molar-refractivity contribution is -0.119. The summed E-state index contributed by atoms with van der Waals surface area (Å²) in [5.74, 6) is -0.362. The second-order valence-electron chi connectivity index (χ2n) is 2.19. The van der Waals surface area contributed by atoms with Crippen molar-refractivity contribution in [2.45, 2.75) is 20.3 Å². The van der Waals surface area contributed by atoms with E-state index < -0.39 is 17.0 Å². The van der Waals surface area contributed by atoms with Crippen molar-refractivity contribution in [3.05, 3.63) is 0 Å². The average molecular weight is 196 g/mol. The Labute approximate surface area is 72.0 Å². The Morgan fingerprint density at radius 3 is 2.33 bits per heavy atom. The Hall–Kier alpha value is -0.460. The van der Waals surface area contributed by atoms with Gasteiger partial charge in [0, 0.05) is 0 Å².